The summed E-state index contributed by atoms with van der Waals surface area (Å²) in [5, 5.41) is 2.25. The van der Waals surface area contributed by atoms with E-state index in [1.54, 1.807) is 10.4 Å². The third kappa shape index (κ3) is 2.43. The van der Waals surface area contributed by atoms with Gasteiger partial charge in [-0.3, -0.25) is 0 Å². The Morgan fingerprint density at radius 3 is 2.57 bits per heavy atom. The number of benzene rings is 2. The van der Waals surface area contributed by atoms with Crippen LogP contribution in [0.15, 0.2) is 33.6 Å². The minimum Gasteiger partial charge on any atom is -0.304 e. The van der Waals surface area contributed by atoms with Gasteiger partial charge in [0, 0.05) is 30.7 Å². The Labute approximate surface area is 145 Å². The number of piperazine rings is 1. The maximum Gasteiger partial charge on any atom is 0.243 e. The van der Waals surface area contributed by atoms with Crippen LogP contribution in [-0.2, 0) is 22.9 Å². The van der Waals surface area contributed by atoms with Crippen molar-refractivity contribution in [2.75, 3.05) is 33.2 Å². The monoisotopic (exact) mass is 394 g/mol. The normalized spacial score (nSPS) is 19.6. The van der Waals surface area contributed by atoms with Crippen LogP contribution < -0.4 is 0 Å². The van der Waals surface area contributed by atoms with Crippen molar-refractivity contribution in [3.8, 4) is 0 Å². The molecule has 0 atom stereocenters. The van der Waals surface area contributed by atoms with Gasteiger partial charge < -0.3 is 4.90 Å². The molecule has 1 heterocycles. The van der Waals surface area contributed by atoms with Gasteiger partial charge in [-0.15, -0.1) is 0 Å². The zero-order chi connectivity index (χ0) is 16.2. The zero-order valence-electron chi connectivity index (χ0n) is 13.0. The van der Waals surface area contributed by atoms with Crippen molar-refractivity contribution < 1.29 is 8.42 Å². The molecule has 1 fully saturated rings. The fraction of sp³-hybridized carbons (Fsp3) is 0.412. The lowest BCUT2D eigenvalue weighted by Crippen LogP contribution is -2.47. The summed E-state index contributed by atoms with van der Waals surface area (Å²) >= 11 is 3.58. The van der Waals surface area contributed by atoms with Gasteiger partial charge in [0.1, 0.15) is 0 Å². The maximum absolute atomic E-state index is 13.2. The molecule has 0 amide bonds. The smallest absolute Gasteiger partial charge is 0.243 e. The van der Waals surface area contributed by atoms with Gasteiger partial charge in [-0.2, -0.15) is 4.31 Å². The van der Waals surface area contributed by atoms with Crippen molar-refractivity contribution >= 4 is 36.7 Å². The summed E-state index contributed by atoms with van der Waals surface area (Å²) in [6.45, 7) is 2.70. The number of aryl methyl sites for hydroxylation is 2. The Morgan fingerprint density at radius 2 is 1.83 bits per heavy atom. The maximum atomic E-state index is 13.2. The van der Waals surface area contributed by atoms with Crippen molar-refractivity contribution in [2.45, 2.75) is 17.7 Å². The zero-order valence-corrected chi connectivity index (χ0v) is 15.5. The fourth-order valence-corrected chi connectivity index (χ4v) is 6.09. The lowest BCUT2D eigenvalue weighted by atomic mass is 10.1. The minimum atomic E-state index is -3.43. The van der Waals surface area contributed by atoms with E-state index >= 15 is 0 Å². The number of hydrogen-bond donors (Lipinski definition) is 0. The lowest BCUT2D eigenvalue weighted by molar-refractivity contribution is 0.222. The van der Waals surface area contributed by atoms with Crippen molar-refractivity contribution in [1.29, 1.82) is 0 Å². The molecule has 1 aliphatic heterocycles. The lowest BCUT2D eigenvalue weighted by Gasteiger charge is -2.32. The molecule has 1 saturated heterocycles. The minimum absolute atomic E-state index is 0.492. The highest BCUT2D eigenvalue weighted by atomic mass is 79.9. The highest BCUT2D eigenvalue weighted by Crippen LogP contribution is 2.40. The quantitative estimate of drug-likeness (QED) is 0.785. The average molecular weight is 395 g/mol. The summed E-state index contributed by atoms with van der Waals surface area (Å²) in [5.41, 5.74) is 2.26. The molecular weight excluding hydrogens is 376 g/mol. The van der Waals surface area contributed by atoms with E-state index in [1.165, 1.54) is 5.56 Å². The first kappa shape index (κ1) is 15.6. The summed E-state index contributed by atoms with van der Waals surface area (Å²) in [6, 6.07) is 8.02. The van der Waals surface area contributed by atoms with Crippen LogP contribution in [0.3, 0.4) is 0 Å². The number of rotatable bonds is 2. The Bertz CT molecular complexity index is 887. The van der Waals surface area contributed by atoms with Gasteiger partial charge in [0.15, 0.2) is 0 Å². The molecule has 2 aromatic rings. The van der Waals surface area contributed by atoms with Gasteiger partial charge in [-0.05, 0) is 47.9 Å². The number of sulfonamides is 1. The van der Waals surface area contributed by atoms with E-state index in [0.717, 1.165) is 46.7 Å². The average Bonchev–Trinajstić information content (AvgIpc) is 2.96. The fourth-order valence-electron chi connectivity index (χ4n) is 3.67. The molecule has 6 heteroatoms. The molecule has 4 nitrogen and oxygen atoms in total. The van der Waals surface area contributed by atoms with E-state index in [9.17, 15) is 8.42 Å². The standard InChI is InChI=1S/C17H19BrN2O2S/c1-19-7-9-20(10-8-19)23(21,22)16-11-15(18)13-4-2-3-12-5-6-14(16)17(12)13/h2-4,11H,5-10H2,1H3. The number of hydrogen-bond acceptors (Lipinski definition) is 3. The van der Waals surface area contributed by atoms with Crippen LogP contribution in [0, 0.1) is 0 Å². The van der Waals surface area contributed by atoms with Crippen LogP contribution >= 0.6 is 15.9 Å². The Hall–Kier alpha value is -0.950. The first-order chi connectivity index (χ1) is 11.0. The summed E-state index contributed by atoms with van der Waals surface area (Å²) in [5.74, 6) is 0. The molecule has 1 aliphatic carbocycles. The van der Waals surface area contributed by atoms with Crippen molar-refractivity contribution in [3.05, 3.63) is 39.9 Å². The van der Waals surface area contributed by atoms with Crippen molar-refractivity contribution in [3.63, 3.8) is 0 Å². The van der Waals surface area contributed by atoms with Crippen molar-refractivity contribution in [2.24, 2.45) is 0 Å². The molecule has 0 aromatic heterocycles. The second kappa shape index (κ2) is 5.55. The largest absolute Gasteiger partial charge is 0.304 e. The van der Waals surface area contributed by atoms with E-state index < -0.39 is 10.0 Å². The van der Waals surface area contributed by atoms with E-state index in [4.69, 9.17) is 0 Å². The van der Waals surface area contributed by atoms with E-state index in [0.29, 0.717) is 18.0 Å². The molecule has 2 aliphatic rings. The number of likely N-dealkylation sites (N-methyl/N-ethyl adjacent to an activating group) is 1. The molecule has 0 unspecified atom stereocenters. The van der Waals surface area contributed by atoms with Gasteiger partial charge in [0.25, 0.3) is 0 Å². The third-order valence-corrected chi connectivity index (χ3v) is 7.61. The summed E-state index contributed by atoms with van der Waals surface area (Å²) in [6.07, 6.45) is 1.74. The second-order valence-electron chi connectivity index (χ2n) is 6.38. The van der Waals surface area contributed by atoms with Crippen LogP contribution in [0.1, 0.15) is 11.1 Å². The SMILES string of the molecule is CN1CCN(S(=O)(=O)c2cc(Br)c3cccc4c3c2CC4)CC1. The molecular formula is C17H19BrN2O2S. The van der Waals surface area contributed by atoms with Crippen molar-refractivity contribution in [1.82, 2.24) is 9.21 Å². The van der Waals surface area contributed by atoms with E-state index in [1.807, 2.05) is 13.1 Å². The Kier molecular flexibility index (Phi) is 3.76. The van der Waals surface area contributed by atoms with Gasteiger partial charge in [-0.25, -0.2) is 8.42 Å². The molecule has 0 bridgehead atoms. The molecule has 122 valence electrons. The first-order valence-electron chi connectivity index (χ1n) is 7.90. The molecule has 0 spiro atoms. The topological polar surface area (TPSA) is 40.6 Å². The van der Waals surface area contributed by atoms with E-state index in [-0.39, 0.29) is 0 Å². The Morgan fingerprint density at radius 1 is 1.09 bits per heavy atom. The summed E-state index contributed by atoms with van der Waals surface area (Å²) < 4.78 is 28.9. The summed E-state index contributed by atoms with van der Waals surface area (Å²) in [7, 11) is -1.40. The first-order valence-corrected chi connectivity index (χ1v) is 10.1. The van der Waals surface area contributed by atoms with Gasteiger partial charge in [0.2, 0.25) is 10.0 Å². The number of halogens is 1. The molecule has 2 aromatic carbocycles. The van der Waals surface area contributed by atoms with Gasteiger partial charge >= 0.3 is 0 Å². The molecule has 0 radical (unpaired) electrons. The van der Waals surface area contributed by atoms with Crippen LogP contribution in [0.5, 0.6) is 0 Å². The Balaban J connectivity index is 1.87. The predicted molar refractivity (Wildman–Crippen MR) is 95.3 cm³/mol. The van der Waals surface area contributed by atoms with Gasteiger partial charge in [-0.1, -0.05) is 34.1 Å². The third-order valence-electron chi connectivity index (χ3n) is 4.99. The van der Waals surface area contributed by atoms with E-state index in [2.05, 4.69) is 33.0 Å². The highest BCUT2D eigenvalue weighted by Gasteiger charge is 2.32. The van der Waals surface area contributed by atoms with Crippen LogP contribution in [0.25, 0.3) is 10.8 Å². The second-order valence-corrected chi connectivity index (χ2v) is 9.14. The molecule has 0 saturated carbocycles. The number of nitrogens with zero attached hydrogens (tertiary/aromatic N) is 2. The molecule has 0 N–H and O–H groups in total. The molecule has 23 heavy (non-hydrogen) atoms. The van der Waals surface area contributed by atoms with Crippen LogP contribution in [-0.4, -0.2) is 50.8 Å². The molecule has 4 rings (SSSR count). The van der Waals surface area contributed by atoms with Gasteiger partial charge in [0.05, 0.1) is 4.90 Å². The highest BCUT2D eigenvalue weighted by molar-refractivity contribution is 9.10. The van der Waals surface area contributed by atoms with Crippen LogP contribution in [0.2, 0.25) is 0 Å². The summed E-state index contributed by atoms with van der Waals surface area (Å²) in [4.78, 5) is 2.66. The predicted octanol–water partition coefficient (Wildman–Crippen LogP) is 2.64. The van der Waals surface area contributed by atoms with Crippen LogP contribution in [0.4, 0.5) is 0 Å².